The molecule has 2 heterocycles. The molecule has 0 unspecified atom stereocenters. The molecule has 0 bridgehead atoms. The molecule has 1 aliphatic carbocycles. The molecule has 3 aliphatic rings. The fourth-order valence-electron chi connectivity index (χ4n) is 5.31. The van der Waals surface area contributed by atoms with Gasteiger partial charge in [-0.2, -0.15) is 0 Å². The number of amides is 2. The molecule has 0 radical (unpaired) electrons. The fourth-order valence-corrected chi connectivity index (χ4v) is 5.31. The summed E-state index contributed by atoms with van der Waals surface area (Å²) in [5.41, 5.74) is 4.41. The van der Waals surface area contributed by atoms with Gasteiger partial charge in [-0.25, -0.2) is 0 Å². The van der Waals surface area contributed by atoms with Crippen molar-refractivity contribution in [3.63, 3.8) is 0 Å². The molecule has 0 aromatic heterocycles. The van der Waals surface area contributed by atoms with Crippen molar-refractivity contribution >= 4 is 23.1 Å². The highest BCUT2D eigenvalue weighted by Gasteiger charge is 2.45. The maximum absolute atomic E-state index is 13.7. The molecule has 166 valence electrons. The highest BCUT2D eigenvalue weighted by atomic mass is 16.2. The van der Waals surface area contributed by atoms with Gasteiger partial charge in [0.05, 0.1) is 5.57 Å². The van der Waals surface area contributed by atoms with E-state index in [2.05, 4.69) is 34.1 Å². The molecule has 0 N–H and O–H groups in total. The predicted octanol–water partition coefficient (Wildman–Crippen LogP) is 4.23. The van der Waals surface area contributed by atoms with E-state index in [-0.39, 0.29) is 17.9 Å². The molecule has 2 fully saturated rings. The molecule has 2 aromatic carbocycles. The summed E-state index contributed by atoms with van der Waals surface area (Å²) < 4.78 is 0. The number of carbonyl (C=O) groups excluding carboxylic acids is 2. The molecule has 2 aromatic rings. The van der Waals surface area contributed by atoms with Gasteiger partial charge in [-0.1, -0.05) is 67.3 Å². The second kappa shape index (κ2) is 8.81. The van der Waals surface area contributed by atoms with E-state index in [9.17, 15) is 9.59 Å². The number of hydrogen-bond acceptors (Lipinski definition) is 4. The zero-order chi connectivity index (χ0) is 22.1. The van der Waals surface area contributed by atoms with Crippen LogP contribution in [0.2, 0.25) is 0 Å². The Hall–Kier alpha value is -3.08. The minimum absolute atomic E-state index is 0.0345. The van der Waals surface area contributed by atoms with Gasteiger partial charge in [0.25, 0.3) is 11.8 Å². The van der Waals surface area contributed by atoms with Crippen molar-refractivity contribution in [2.75, 3.05) is 31.1 Å². The molecule has 0 spiro atoms. The lowest BCUT2D eigenvalue weighted by Gasteiger charge is -2.38. The van der Waals surface area contributed by atoms with Crippen LogP contribution in [-0.2, 0) is 9.59 Å². The Morgan fingerprint density at radius 3 is 2.00 bits per heavy atom. The Labute approximate surface area is 190 Å². The molecule has 0 atom stereocenters. The van der Waals surface area contributed by atoms with E-state index < -0.39 is 0 Å². The average Bonchev–Trinajstić information content (AvgIpc) is 3.10. The highest BCUT2D eigenvalue weighted by molar-refractivity contribution is 6.35. The van der Waals surface area contributed by atoms with Crippen LogP contribution in [0.4, 0.5) is 5.69 Å². The molecule has 32 heavy (non-hydrogen) atoms. The summed E-state index contributed by atoms with van der Waals surface area (Å²) in [4.78, 5) is 33.4. The lowest BCUT2D eigenvalue weighted by molar-refractivity contribution is -0.141. The molecule has 5 rings (SSSR count). The summed E-state index contributed by atoms with van der Waals surface area (Å²) in [6.45, 7) is 5.17. The van der Waals surface area contributed by atoms with Crippen LogP contribution >= 0.6 is 0 Å². The number of anilines is 1. The van der Waals surface area contributed by atoms with Gasteiger partial charge in [0.2, 0.25) is 0 Å². The van der Waals surface area contributed by atoms with Crippen molar-refractivity contribution in [1.29, 1.82) is 0 Å². The van der Waals surface area contributed by atoms with E-state index in [0.29, 0.717) is 11.3 Å². The van der Waals surface area contributed by atoms with Crippen LogP contribution < -0.4 is 4.90 Å². The van der Waals surface area contributed by atoms with E-state index >= 15 is 0 Å². The van der Waals surface area contributed by atoms with Crippen LogP contribution in [0.3, 0.4) is 0 Å². The Balaban J connectivity index is 1.45. The van der Waals surface area contributed by atoms with Crippen molar-refractivity contribution in [2.45, 2.75) is 45.1 Å². The van der Waals surface area contributed by atoms with Gasteiger partial charge in [-0.3, -0.25) is 14.5 Å². The molecule has 2 aliphatic heterocycles. The van der Waals surface area contributed by atoms with Crippen LogP contribution in [0, 0.1) is 6.92 Å². The van der Waals surface area contributed by atoms with Crippen molar-refractivity contribution in [1.82, 2.24) is 9.80 Å². The third-order valence-electron chi connectivity index (χ3n) is 7.09. The minimum atomic E-state index is -0.105. The molecular weight excluding hydrogens is 398 g/mol. The maximum atomic E-state index is 13.7. The molecule has 2 amide bonds. The number of nitrogens with zero attached hydrogens (tertiary/aromatic N) is 3. The number of rotatable bonds is 4. The number of benzene rings is 2. The van der Waals surface area contributed by atoms with Gasteiger partial charge in [0.15, 0.2) is 0 Å². The smallest absolute Gasteiger partial charge is 0.278 e. The van der Waals surface area contributed by atoms with Gasteiger partial charge in [-0.05, 0) is 37.5 Å². The number of aryl methyl sites for hydroxylation is 1. The SMILES string of the molecule is Cc1ccc(C2=C(N3CCN(c4ccccc4)CC3)C(=O)N(C3CCCCC3)C2=O)cc1. The van der Waals surface area contributed by atoms with Gasteiger partial charge in [-0.15, -0.1) is 0 Å². The number of piperazine rings is 1. The first kappa shape index (κ1) is 20.8. The molecule has 1 saturated carbocycles. The first-order valence-electron chi connectivity index (χ1n) is 11.9. The largest absolute Gasteiger partial charge is 0.368 e. The van der Waals surface area contributed by atoms with Crippen LogP contribution in [-0.4, -0.2) is 53.8 Å². The molecule has 1 saturated heterocycles. The maximum Gasteiger partial charge on any atom is 0.278 e. The number of hydrogen-bond donors (Lipinski definition) is 0. The van der Waals surface area contributed by atoms with Gasteiger partial charge in [0.1, 0.15) is 5.70 Å². The monoisotopic (exact) mass is 429 g/mol. The van der Waals surface area contributed by atoms with Gasteiger partial charge in [0, 0.05) is 37.9 Å². The molecule has 5 heteroatoms. The summed E-state index contributed by atoms with van der Waals surface area (Å²) in [6, 6.07) is 18.4. The van der Waals surface area contributed by atoms with Crippen LogP contribution in [0.5, 0.6) is 0 Å². The fraction of sp³-hybridized carbons (Fsp3) is 0.407. The summed E-state index contributed by atoms with van der Waals surface area (Å²) >= 11 is 0. The van der Waals surface area contributed by atoms with Gasteiger partial charge >= 0.3 is 0 Å². The zero-order valence-corrected chi connectivity index (χ0v) is 18.8. The van der Waals surface area contributed by atoms with E-state index in [1.165, 1.54) is 12.1 Å². The predicted molar refractivity (Wildman–Crippen MR) is 127 cm³/mol. The van der Waals surface area contributed by atoms with E-state index in [4.69, 9.17) is 0 Å². The van der Waals surface area contributed by atoms with Crippen LogP contribution in [0.25, 0.3) is 5.57 Å². The number of imide groups is 1. The third kappa shape index (κ3) is 3.81. The second-order valence-electron chi connectivity index (χ2n) is 9.17. The lowest BCUT2D eigenvalue weighted by atomic mass is 9.94. The zero-order valence-electron chi connectivity index (χ0n) is 18.8. The average molecular weight is 430 g/mol. The summed E-state index contributed by atoms with van der Waals surface area (Å²) in [7, 11) is 0. The van der Waals surface area contributed by atoms with Crippen molar-refractivity contribution in [3.8, 4) is 0 Å². The Morgan fingerprint density at radius 1 is 0.719 bits per heavy atom. The minimum Gasteiger partial charge on any atom is -0.368 e. The second-order valence-corrected chi connectivity index (χ2v) is 9.17. The molecule has 5 nitrogen and oxygen atoms in total. The van der Waals surface area contributed by atoms with Crippen molar-refractivity contribution < 1.29 is 9.59 Å². The van der Waals surface area contributed by atoms with Crippen LogP contribution in [0.1, 0.15) is 43.2 Å². The first-order valence-corrected chi connectivity index (χ1v) is 11.9. The Kier molecular flexibility index (Phi) is 5.73. The van der Waals surface area contributed by atoms with Crippen molar-refractivity contribution in [2.24, 2.45) is 0 Å². The summed E-state index contributed by atoms with van der Waals surface area (Å²) in [5, 5.41) is 0. The first-order chi connectivity index (χ1) is 15.6. The number of para-hydroxylation sites is 1. The normalized spacial score (nSPS) is 20.5. The van der Waals surface area contributed by atoms with Crippen molar-refractivity contribution in [3.05, 3.63) is 71.4 Å². The number of carbonyl (C=O) groups is 2. The molecular formula is C27H31N3O2. The van der Waals surface area contributed by atoms with E-state index in [1.807, 2.05) is 37.3 Å². The lowest BCUT2D eigenvalue weighted by Crippen LogP contribution is -2.48. The van der Waals surface area contributed by atoms with E-state index in [1.54, 1.807) is 4.90 Å². The summed E-state index contributed by atoms with van der Waals surface area (Å²) in [6.07, 6.45) is 5.22. The van der Waals surface area contributed by atoms with Crippen LogP contribution in [0.15, 0.2) is 60.3 Å². The van der Waals surface area contributed by atoms with E-state index in [0.717, 1.165) is 63.0 Å². The standard InChI is InChI=1S/C27H31N3O2/c1-20-12-14-21(15-13-20)24-25(27(32)30(26(24)31)23-10-6-3-7-11-23)29-18-16-28(17-19-29)22-8-4-2-5-9-22/h2,4-5,8-9,12-15,23H,3,6-7,10-11,16-19H2,1H3. The Morgan fingerprint density at radius 2 is 1.34 bits per heavy atom. The highest BCUT2D eigenvalue weighted by Crippen LogP contribution is 2.36. The van der Waals surface area contributed by atoms with Gasteiger partial charge < -0.3 is 9.80 Å². The summed E-state index contributed by atoms with van der Waals surface area (Å²) in [5.74, 6) is -0.197. The Bertz CT molecular complexity index is 1010. The topological polar surface area (TPSA) is 43.9 Å². The quantitative estimate of drug-likeness (QED) is 0.683. The third-order valence-corrected chi connectivity index (χ3v) is 7.09.